The topological polar surface area (TPSA) is 109 Å². The zero-order chi connectivity index (χ0) is 28.3. The Bertz CT molecular complexity index is 1650. The van der Waals surface area contributed by atoms with E-state index in [2.05, 4.69) is 15.3 Å². The number of aromatic nitrogens is 2. The molecule has 1 unspecified atom stereocenters. The maximum Gasteiger partial charge on any atom is 0.249 e. The zero-order valence-electron chi connectivity index (χ0n) is 22.7. The maximum atomic E-state index is 13.8. The molecule has 2 heterocycles. The number of nitrogens with one attached hydrogen (secondary N) is 1. The number of benzene rings is 3. The zero-order valence-corrected chi connectivity index (χ0v) is 22.7. The summed E-state index contributed by atoms with van der Waals surface area (Å²) in [6.07, 6.45) is 0.497. The van der Waals surface area contributed by atoms with Crippen molar-refractivity contribution >= 4 is 17.4 Å². The Morgan fingerprint density at radius 1 is 1.07 bits per heavy atom. The summed E-state index contributed by atoms with van der Waals surface area (Å²) in [6.45, 7) is 3.69. The minimum absolute atomic E-state index is 0.134. The molecule has 1 atom stereocenters. The lowest BCUT2D eigenvalue weighted by Crippen LogP contribution is -2.35. The van der Waals surface area contributed by atoms with Gasteiger partial charge in [0.2, 0.25) is 11.7 Å². The van der Waals surface area contributed by atoms with Crippen LogP contribution in [0.25, 0.3) is 16.9 Å². The highest BCUT2D eigenvalue weighted by atomic mass is 16.5. The van der Waals surface area contributed by atoms with Gasteiger partial charge >= 0.3 is 0 Å². The summed E-state index contributed by atoms with van der Waals surface area (Å²) in [6, 6.07) is 24.9. The summed E-state index contributed by atoms with van der Waals surface area (Å²) in [5.74, 6) is -2.50. The number of rotatable bonds is 8. The molecule has 3 aromatic carbocycles. The second kappa shape index (κ2) is 11.4. The predicted molar refractivity (Wildman–Crippen MR) is 153 cm³/mol. The number of Topliss-reactive ketones (excluding diaryl/α,β-unsaturated/α-hetero) is 1. The quantitative estimate of drug-likeness (QED) is 0.229. The molecule has 1 aliphatic heterocycles. The van der Waals surface area contributed by atoms with Crippen LogP contribution in [0.15, 0.2) is 72.8 Å². The largest absolute Gasteiger partial charge is 0.495 e. The van der Waals surface area contributed by atoms with Crippen molar-refractivity contribution in [2.45, 2.75) is 13.0 Å². The first-order chi connectivity index (χ1) is 20.1. The van der Waals surface area contributed by atoms with E-state index in [1.54, 1.807) is 10.7 Å². The number of carbonyl (C=O) groups excluding carboxylic acids is 2. The molecule has 1 aliphatic carbocycles. The molecule has 1 amide bonds. The van der Waals surface area contributed by atoms with E-state index in [-0.39, 0.29) is 5.69 Å². The van der Waals surface area contributed by atoms with Gasteiger partial charge in [0, 0.05) is 37.2 Å². The van der Waals surface area contributed by atoms with Crippen LogP contribution in [0, 0.1) is 17.2 Å². The number of carbonyl (C=O) groups is 2. The summed E-state index contributed by atoms with van der Waals surface area (Å²) in [4.78, 5) is 29.6. The molecule has 1 fully saturated rings. The van der Waals surface area contributed by atoms with E-state index in [1.807, 2.05) is 72.8 Å². The number of amides is 1. The van der Waals surface area contributed by atoms with Crippen molar-refractivity contribution in [3.8, 4) is 28.8 Å². The van der Waals surface area contributed by atoms with Crippen LogP contribution in [0.3, 0.4) is 0 Å². The molecule has 0 saturated carbocycles. The first kappa shape index (κ1) is 26.4. The molecule has 2 aliphatic rings. The van der Waals surface area contributed by atoms with Crippen LogP contribution in [-0.2, 0) is 22.5 Å². The predicted octanol–water partition coefficient (Wildman–Crippen LogP) is 4.25. The van der Waals surface area contributed by atoms with Crippen LogP contribution in [0.5, 0.6) is 5.75 Å². The second-order valence-corrected chi connectivity index (χ2v) is 10.1. The number of nitriles is 1. The molecule has 9 nitrogen and oxygen atoms in total. The molecule has 0 radical (unpaired) electrons. The monoisotopic (exact) mass is 547 g/mol. The van der Waals surface area contributed by atoms with Crippen molar-refractivity contribution in [2.75, 3.05) is 38.7 Å². The highest BCUT2D eigenvalue weighted by molar-refractivity contribution is 6.16. The molecule has 0 bridgehead atoms. The average Bonchev–Trinajstić information content (AvgIpc) is 3.56. The lowest BCUT2D eigenvalue weighted by molar-refractivity contribution is -0.117. The van der Waals surface area contributed by atoms with E-state index in [4.69, 9.17) is 9.47 Å². The van der Waals surface area contributed by atoms with Crippen LogP contribution in [-0.4, -0.2) is 59.8 Å². The fraction of sp³-hybridized carbons (Fsp3) is 0.250. The van der Waals surface area contributed by atoms with Gasteiger partial charge in [0.25, 0.3) is 0 Å². The fourth-order valence-corrected chi connectivity index (χ4v) is 5.49. The van der Waals surface area contributed by atoms with Crippen molar-refractivity contribution in [1.29, 1.82) is 5.26 Å². The van der Waals surface area contributed by atoms with Crippen LogP contribution in [0.2, 0.25) is 0 Å². The molecule has 4 aromatic rings. The number of nitrogens with zero attached hydrogens (tertiary/aromatic N) is 4. The van der Waals surface area contributed by atoms with Crippen LogP contribution in [0.4, 0.5) is 5.69 Å². The number of hydrogen-bond donors (Lipinski definition) is 1. The Kier molecular flexibility index (Phi) is 7.33. The van der Waals surface area contributed by atoms with Crippen LogP contribution in [0.1, 0.15) is 27.2 Å². The molecule has 9 heteroatoms. The molecule has 1 N–H and O–H groups in total. The van der Waals surface area contributed by atoms with Crippen molar-refractivity contribution in [2.24, 2.45) is 5.92 Å². The third kappa shape index (κ3) is 5.11. The number of para-hydroxylation sites is 1. The Hall–Kier alpha value is -4.78. The van der Waals surface area contributed by atoms with Crippen molar-refractivity contribution in [3.63, 3.8) is 0 Å². The van der Waals surface area contributed by atoms with Gasteiger partial charge in [0.05, 0.1) is 43.5 Å². The summed E-state index contributed by atoms with van der Waals surface area (Å²) in [5.41, 5.74) is 5.89. The number of ketones is 1. The molecular weight excluding hydrogens is 518 g/mol. The van der Waals surface area contributed by atoms with Gasteiger partial charge in [-0.05, 0) is 35.4 Å². The van der Waals surface area contributed by atoms with Crippen molar-refractivity contribution in [3.05, 3.63) is 95.2 Å². The SMILES string of the molecule is COc1ccc(CN2CCOCC2)cc1NC(=O)C(C#N)C(=O)c1nn(-c2ccccc2)c2c1Cc1ccccc1-2. The van der Waals surface area contributed by atoms with Gasteiger partial charge in [-0.2, -0.15) is 10.4 Å². The lowest BCUT2D eigenvalue weighted by atomic mass is 9.98. The van der Waals surface area contributed by atoms with Gasteiger partial charge < -0.3 is 14.8 Å². The summed E-state index contributed by atoms with van der Waals surface area (Å²) < 4.78 is 12.6. The molecule has 0 spiro atoms. The third-order valence-corrected chi connectivity index (χ3v) is 7.54. The second-order valence-electron chi connectivity index (χ2n) is 10.1. The smallest absolute Gasteiger partial charge is 0.249 e. The minimum Gasteiger partial charge on any atom is -0.495 e. The van der Waals surface area contributed by atoms with Gasteiger partial charge in [-0.15, -0.1) is 0 Å². The average molecular weight is 548 g/mol. The van der Waals surface area contributed by atoms with Crippen LogP contribution < -0.4 is 10.1 Å². The molecule has 1 saturated heterocycles. The summed E-state index contributed by atoms with van der Waals surface area (Å²) in [5, 5.41) is 17.5. The van der Waals surface area contributed by atoms with E-state index < -0.39 is 17.6 Å². The highest BCUT2D eigenvalue weighted by Gasteiger charge is 2.36. The summed E-state index contributed by atoms with van der Waals surface area (Å²) in [7, 11) is 1.51. The minimum atomic E-state index is -1.59. The van der Waals surface area contributed by atoms with Gasteiger partial charge in [0.15, 0.2) is 5.92 Å². The Morgan fingerprint density at radius 2 is 1.83 bits per heavy atom. The lowest BCUT2D eigenvalue weighted by Gasteiger charge is -2.26. The van der Waals surface area contributed by atoms with E-state index in [0.29, 0.717) is 37.6 Å². The summed E-state index contributed by atoms with van der Waals surface area (Å²) >= 11 is 0. The Balaban J connectivity index is 1.30. The standard InChI is InChI=1S/C32H29N5O4/c1-40-28-12-11-21(20-36-13-15-41-16-14-36)17-27(28)34-32(39)26(19-33)31(38)29-25-18-22-7-5-6-10-24(22)30(25)37(35-29)23-8-3-2-4-9-23/h2-12,17,26H,13-16,18,20H2,1H3,(H,34,39). The van der Waals surface area contributed by atoms with Gasteiger partial charge in [-0.3, -0.25) is 14.5 Å². The number of methoxy groups -OCH3 is 1. The van der Waals surface area contributed by atoms with Crippen LogP contribution >= 0.6 is 0 Å². The van der Waals surface area contributed by atoms with Crippen molar-refractivity contribution in [1.82, 2.24) is 14.7 Å². The highest BCUT2D eigenvalue weighted by Crippen LogP contribution is 2.40. The Morgan fingerprint density at radius 3 is 2.59 bits per heavy atom. The van der Waals surface area contributed by atoms with E-state index >= 15 is 0 Å². The van der Waals surface area contributed by atoms with Gasteiger partial charge in [0.1, 0.15) is 11.4 Å². The molecule has 1 aromatic heterocycles. The third-order valence-electron chi connectivity index (χ3n) is 7.54. The molecule has 6 rings (SSSR count). The van der Waals surface area contributed by atoms with Crippen molar-refractivity contribution < 1.29 is 19.1 Å². The van der Waals surface area contributed by atoms with E-state index in [9.17, 15) is 14.9 Å². The number of hydrogen-bond acceptors (Lipinski definition) is 7. The normalized spacial score (nSPS) is 14.9. The number of anilines is 1. The van der Waals surface area contributed by atoms with Gasteiger partial charge in [-0.1, -0.05) is 48.5 Å². The number of ether oxygens (including phenoxy) is 2. The van der Waals surface area contributed by atoms with Gasteiger partial charge in [-0.25, -0.2) is 4.68 Å². The molecule has 41 heavy (non-hydrogen) atoms. The van der Waals surface area contributed by atoms with E-state index in [1.165, 1.54) is 7.11 Å². The Labute approximate surface area is 237 Å². The molecular formula is C32H29N5O4. The first-order valence-electron chi connectivity index (χ1n) is 13.5. The first-order valence-corrected chi connectivity index (χ1v) is 13.5. The number of morpholine rings is 1. The number of fused-ring (bicyclic) bond motifs is 3. The molecule has 206 valence electrons. The van der Waals surface area contributed by atoms with E-state index in [0.717, 1.165) is 46.7 Å². The fourth-order valence-electron chi connectivity index (χ4n) is 5.49. The maximum absolute atomic E-state index is 13.8.